The molecule has 1 fully saturated rings. The van der Waals surface area contributed by atoms with E-state index in [0.717, 1.165) is 36.1 Å². The minimum absolute atomic E-state index is 0.0514. The molecular formula is C19H21N3O3. The molecule has 0 radical (unpaired) electrons. The number of hydrogen-bond acceptors (Lipinski definition) is 4. The fourth-order valence-electron chi connectivity index (χ4n) is 3.53. The first-order valence-electron chi connectivity index (χ1n) is 8.53. The molecule has 1 aliphatic heterocycles. The average molecular weight is 339 g/mol. The van der Waals surface area contributed by atoms with E-state index in [1.807, 2.05) is 47.0 Å². The van der Waals surface area contributed by atoms with Crippen molar-refractivity contribution in [2.45, 2.75) is 25.8 Å². The van der Waals surface area contributed by atoms with Gasteiger partial charge in [0.2, 0.25) is 0 Å². The molecule has 0 N–H and O–H groups in total. The molecule has 3 aromatic rings. The Balaban J connectivity index is 1.62. The summed E-state index contributed by atoms with van der Waals surface area (Å²) in [6.07, 6.45) is 5.72. The molecule has 0 saturated carbocycles. The second kappa shape index (κ2) is 6.27. The third-order valence-corrected chi connectivity index (χ3v) is 4.92. The minimum atomic E-state index is -0.0514. The fraction of sp³-hybridized carbons (Fsp3) is 0.368. The monoisotopic (exact) mass is 339 g/mol. The largest absolute Gasteiger partial charge is 0.497 e. The standard InChI is InChI=1S/C19H21N3O3/c1-13-16-11-15(24-2)6-7-17(16)25-18(13)19(23)21-9-3-5-14(12-21)22-10-4-8-20-22/h4,6-8,10-11,14H,3,5,9,12H2,1-2H3/t14-/m1/s1. The van der Waals surface area contributed by atoms with Crippen molar-refractivity contribution in [2.24, 2.45) is 0 Å². The van der Waals surface area contributed by atoms with Gasteiger partial charge >= 0.3 is 0 Å². The summed E-state index contributed by atoms with van der Waals surface area (Å²) >= 11 is 0. The van der Waals surface area contributed by atoms with Gasteiger partial charge in [-0.25, -0.2) is 0 Å². The molecule has 0 spiro atoms. The van der Waals surface area contributed by atoms with E-state index in [9.17, 15) is 4.79 Å². The van der Waals surface area contributed by atoms with E-state index in [1.165, 1.54) is 0 Å². The van der Waals surface area contributed by atoms with Crippen LogP contribution in [-0.4, -0.2) is 40.8 Å². The van der Waals surface area contributed by atoms with E-state index in [0.29, 0.717) is 17.9 Å². The van der Waals surface area contributed by atoms with Crippen molar-refractivity contribution < 1.29 is 13.9 Å². The number of fused-ring (bicyclic) bond motifs is 1. The third-order valence-electron chi connectivity index (χ3n) is 4.92. The summed E-state index contributed by atoms with van der Waals surface area (Å²) in [6.45, 7) is 3.32. The van der Waals surface area contributed by atoms with Crippen molar-refractivity contribution >= 4 is 16.9 Å². The van der Waals surface area contributed by atoms with Crippen LogP contribution in [0, 0.1) is 6.92 Å². The van der Waals surface area contributed by atoms with E-state index < -0.39 is 0 Å². The van der Waals surface area contributed by atoms with Crippen LogP contribution in [0.5, 0.6) is 5.75 Å². The maximum atomic E-state index is 13.0. The normalized spacial score (nSPS) is 17.8. The molecule has 6 nitrogen and oxygen atoms in total. The molecule has 1 aliphatic rings. The first-order valence-corrected chi connectivity index (χ1v) is 8.53. The number of furan rings is 1. The molecule has 2 aromatic heterocycles. The van der Waals surface area contributed by atoms with Gasteiger partial charge in [-0.15, -0.1) is 0 Å². The number of rotatable bonds is 3. The lowest BCUT2D eigenvalue weighted by atomic mass is 10.0. The number of amides is 1. The van der Waals surface area contributed by atoms with Gasteiger partial charge < -0.3 is 14.1 Å². The van der Waals surface area contributed by atoms with E-state index >= 15 is 0 Å². The highest BCUT2D eigenvalue weighted by Gasteiger charge is 2.29. The molecule has 1 saturated heterocycles. The van der Waals surface area contributed by atoms with Crippen LogP contribution in [0.1, 0.15) is 35.0 Å². The van der Waals surface area contributed by atoms with E-state index in [-0.39, 0.29) is 11.9 Å². The van der Waals surface area contributed by atoms with Gasteiger partial charge in [-0.1, -0.05) is 0 Å². The number of aromatic nitrogens is 2. The molecule has 130 valence electrons. The van der Waals surface area contributed by atoms with Gasteiger partial charge in [0.25, 0.3) is 5.91 Å². The summed E-state index contributed by atoms with van der Waals surface area (Å²) in [5.41, 5.74) is 1.57. The molecule has 1 aromatic carbocycles. The zero-order valence-corrected chi connectivity index (χ0v) is 14.4. The third kappa shape index (κ3) is 2.77. The number of hydrogen-bond donors (Lipinski definition) is 0. The molecule has 1 amide bonds. The Morgan fingerprint density at radius 2 is 2.28 bits per heavy atom. The van der Waals surface area contributed by atoms with Crippen molar-refractivity contribution in [3.63, 3.8) is 0 Å². The number of likely N-dealkylation sites (tertiary alicyclic amines) is 1. The molecule has 4 rings (SSSR count). The fourth-order valence-corrected chi connectivity index (χ4v) is 3.53. The van der Waals surface area contributed by atoms with Crippen LogP contribution < -0.4 is 4.74 Å². The average Bonchev–Trinajstić information content (AvgIpc) is 3.30. The Morgan fingerprint density at radius 1 is 1.40 bits per heavy atom. The molecule has 0 bridgehead atoms. The lowest BCUT2D eigenvalue weighted by Gasteiger charge is -2.32. The Hall–Kier alpha value is -2.76. The number of ether oxygens (including phenoxy) is 1. The summed E-state index contributed by atoms with van der Waals surface area (Å²) in [4.78, 5) is 14.9. The van der Waals surface area contributed by atoms with Gasteiger partial charge in [0, 0.05) is 36.4 Å². The van der Waals surface area contributed by atoms with Crippen molar-refractivity contribution in [3.8, 4) is 5.75 Å². The molecule has 1 atom stereocenters. The van der Waals surface area contributed by atoms with Gasteiger partial charge in [0.1, 0.15) is 11.3 Å². The van der Waals surface area contributed by atoms with Crippen molar-refractivity contribution in [1.82, 2.24) is 14.7 Å². The number of piperidine rings is 1. The lowest BCUT2D eigenvalue weighted by molar-refractivity contribution is 0.0642. The molecule has 6 heteroatoms. The molecular weight excluding hydrogens is 318 g/mol. The highest BCUT2D eigenvalue weighted by atomic mass is 16.5. The Morgan fingerprint density at radius 3 is 3.04 bits per heavy atom. The van der Waals surface area contributed by atoms with Crippen molar-refractivity contribution in [2.75, 3.05) is 20.2 Å². The van der Waals surface area contributed by atoms with Crippen LogP contribution in [0.2, 0.25) is 0 Å². The highest BCUT2D eigenvalue weighted by Crippen LogP contribution is 2.30. The summed E-state index contributed by atoms with van der Waals surface area (Å²) in [7, 11) is 1.63. The maximum Gasteiger partial charge on any atom is 0.289 e. The Labute approximate surface area is 146 Å². The second-order valence-electron chi connectivity index (χ2n) is 6.45. The Kier molecular flexibility index (Phi) is 3.95. The smallest absolute Gasteiger partial charge is 0.289 e. The van der Waals surface area contributed by atoms with E-state index in [4.69, 9.17) is 9.15 Å². The number of methoxy groups -OCH3 is 1. The molecule has 0 unspecified atom stereocenters. The summed E-state index contributed by atoms with van der Waals surface area (Å²) in [6, 6.07) is 7.73. The van der Waals surface area contributed by atoms with Gasteiger partial charge in [-0.05, 0) is 44.0 Å². The molecule has 3 heterocycles. The number of carbonyl (C=O) groups excluding carboxylic acids is 1. The van der Waals surface area contributed by atoms with Gasteiger partial charge in [-0.3, -0.25) is 9.48 Å². The van der Waals surface area contributed by atoms with Crippen LogP contribution >= 0.6 is 0 Å². The van der Waals surface area contributed by atoms with Gasteiger partial charge in [0.15, 0.2) is 5.76 Å². The predicted molar refractivity (Wildman–Crippen MR) is 93.9 cm³/mol. The lowest BCUT2D eigenvalue weighted by Crippen LogP contribution is -2.40. The molecule has 0 aliphatic carbocycles. The number of carbonyl (C=O) groups is 1. The quantitative estimate of drug-likeness (QED) is 0.733. The summed E-state index contributed by atoms with van der Waals surface area (Å²) < 4.78 is 13.1. The van der Waals surface area contributed by atoms with E-state index in [1.54, 1.807) is 13.3 Å². The first kappa shape index (κ1) is 15.7. The van der Waals surface area contributed by atoms with Crippen LogP contribution in [0.15, 0.2) is 41.1 Å². The highest BCUT2D eigenvalue weighted by molar-refractivity contribution is 5.99. The predicted octanol–water partition coefficient (Wildman–Crippen LogP) is 3.42. The van der Waals surface area contributed by atoms with Gasteiger partial charge in [-0.2, -0.15) is 5.10 Å². The topological polar surface area (TPSA) is 60.5 Å². The van der Waals surface area contributed by atoms with Crippen molar-refractivity contribution in [1.29, 1.82) is 0 Å². The number of benzene rings is 1. The number of nitrogens with zero attached hydrogens (tertiary/aromatic N) is 3. The zero-order valence-electron chi connectivity index (χ0n) is 14.4. The Bertz CT molecular complexity index is 898. The van der Waals surface area contributed by atoms with Crippen molar-refractivity contribution in [3.05, 3.63) is 48.0 Å². The molecule has 25 heavy (non-hydrogen) atoms. The van der Waals surface area contributed by atoms with Crippen LogP contribution in [0.4, 0.5) is 0 Å². The maximum absolute atomic E-state index is 13.0. The summed E-state index contributed by atoms with van der Waals surface area (Å²) in [5.74, 6) is 1.13. The zero-order chi connectivity index (χ0) is 17.4. The first-order chi connectivity index (χ1) is 12.2. The van der Waals surface area contributed by atoms with Crippen LogP contribution in [0.3, 0.4) is 0 Å². The second-order valence-corrected chi connectivity index (χ2v) is 6.45. The van der Waals surface area contributed by atoms with Crippen LogP contribution in [-0.2, 0) is 0 Å². The SMILES string of the molecule is COc1ccc2oc(C(=O)N3CCC[C@@H](n4cccn4)C3)c(C)c2c1. The van der Waals surface area contributed by atoms with E-state index in [2.05, 4.69) is 5.10 Å². The van der Waals surface area contributed by atoms with Crippen LogP contribution in [0.25, 0.3) is 11.0 Å². The summed E-state index contributed by atoms with van der Waals surface area (Å²) in [5, 5.41) is 5.24. The van der Waals surface area contributed by atoms with Gasteiger partial charge in [0.05, 0.1) is 13.2 Å². The minimum Gasteiger partial charge on any atom is -0.497 e. The number of aryl methyl sites for hydroxylation is 1.